The molecule has 8 heteroatoms. The van der Waals surface area contributed by atoms with Crippen molar-refractivity contribution in [1.29, 1.82) is 0 Å². The highest BCUT2D eigenvalue weighted by Gasteiger charge is 2.27. The Bertz CT molecular complexity index is 1040. The van der Waals surface area contributed by atoms with Gasteiger partial charge in [-0.15, -0.1) is 0 Å². The van der Waals surface area contributed by atoms with Crippen LogP contribution in [0, 0.1) is 0 Å². The predicted octanol–water partition coefficient (Wildman–Crippen LogP) is 2.95. The van der Waals surface area contributed by atoms with E-state index < -0.39 is 10.0 Å². The molecule has 0 N–H and O–H groups in total. The van der Waals surface area contributed by atoms with Crippen LogP contribution in [0.3, 0.4) is 0 Å². The Morgan fingerprint density at radius 1 is 0.882 bits per heavy atom. The average molecular weight is 487 g/mol. The fraction of sp³-hybridized carbons (Fsp3) is 0.538. The molecule has 2 fully saturated rings. The minimum absolute atomic E-state index is 0.312. The molecule has 7 nitrogen and oxygen atoms in total. The normalized spacial score (nSPS) is 19.0. The molecule has 0 spiro atoms. The summed E-state index contributed by atoms with van der Waals surface area (Å²) in [5.41, 5.74) is 2.69. The van der Waals surface area contributed by atoms with Crippen LogP contribution in [0.15, 0.2) is 53.4 Å². The van der Waals surface area contributed by atoms with E-state index in [2.05, 4.69) is 52.8 Å². The molecule has 0 aromatic heterocycles. The van der Waals surface area contributed by atoms with Gasteiger partial charge < -0.3 is 14.5 Å². The first-order chi connectivity index (χ1) is 16.3. The highest BCUT2D eigenvalue weighted by molar-refractivity contribution is 7.89. The Hall–Kier alpha value is -2.13. The lowest BCUT2D eigenvalue weighted by atomic mass is 10.0. The van der Waals surface area contributed by atoms with E-state index in [-0.39, 0.29) is 0 Å². The van der Waals surface area contributed by atoms with E-state index in [4.69, 9.17) is 4.74 Å². The summed E-state index contributed by atoms with van der Waals surface area (Å²) >= 11 is 0. The van der Waals surface area contributed by atoms with Crippen molar-refractivity contribution in [1.82, 2.24) is 14.1 Å². The van der Waals surface area contributed by atoms with Gasteiger partial charge in [0.1, 0.15) is 12.4 Å². The molecule has 2 aliphatic heterocycles. The second kappa shape index (κ2) is 11.1. The summed E-state index contributed by atoms with van der Waals surface area (Å²) in [6, 6.07) is 15.8. The zero-order chi connectivity index (χ0) is 24.1. The Morgan fingerprint density at radius 2 is 1.59 bits per heavy atom. The van der Waals surface area contributed by atoms with Gasteiger partial charge in [0.2, 0.25) is 10.0 Å². The fourth-order valence-electron chi connectivity index (χ4n) is 4.50. The molecule has 0 amide bonds. The van der Waals surface area contributed by atoms with Gasteiger partial charge in [-0.05, 0) is 42.8 Å². The van der Waals surface area contributed by atoms with Crippen molar-refractivity contribution in [3.8, 4) is 5.75 Å². The predicted molar refractivity (Wildman–Crippen MR) is 137 cm³/mol. The van der Waals surface area contributed by atoms with Crippen LogP contribution in [0.5, 0.6) is 5.75 Å². The molecule has 2 aromatic carbocycles. The van der Waals surface area contributed by atoms with Crippen molar-refractivity contribution in [2.75, 3.05) is 77.5 Å². The summed E-state index contributed by atoms with van der Waals surface area (Å²) in [6.45, 7) is 12.4. The Kier molecular flexibility index (Phi) is 8.14. The third-order valence-electron chi connectivity index (χ3n) is 6.86. The number of nitrogens with zero attached hydrogens (tertiary/aromatic N) is 4. The van der Waals surface area contributed by atoms with Gasteiger partial charge in [-0.25, -0.2) is 8.42 Å². The minimum atomic E-state index is -3.48. The quantitative estimate of drug-likeness (QED) is 0.572. The average Bonchev–Trinajstić information content (AvgIpc) is 2.85. The summed E-state index contributed by atoms with van der Waals surface area (Å²) in [4.78, 5) is 7.32. The first-order valence-corrected chi connectivity index (χ1v) is 13.8. The van der Waals surface area contributed by atoms with E-state index in [9.17, 15) is 8.42 Å². The first-order valence-electron chi connectivity index (χ1n) is 12.3. The number of benzene rings is 2. The van der Waals surface area contributed by atoms with Crippen LogP contribution in [0.4, 0.5) is 5.69 Å². The van der Waals surface area contributed by atoms with Gasteiger partial charge in [-0.3, -0.25) is 4.90 Å². The number of piperazine rings is 2. The van der Waals surface area contributed by atoms with Gasteiger partial charge in [0.15, 0.2) is 0 Å². The third kappa shape index (κ3) is 6.10. The van der Waals surface area contributed by atoms with E-state index in [1.165, 1.54) is 11.3 Å². The largest absolute Gasteiger partial charge is 0.492 e. The maximum atomic E-state index is 13.0. The third-order valence-corrected chi connectivity index (χ3v) is 8.75. The van der Waals surface area contributed by atoms with E-state index in [1.807, 2.05) is 13.1 Å². The number of sulfonamides is 1. The molecule has 0 saturated carbocycles. The lowest BCUT2D eigenvalue weighted by Crippen LogP contribution is -2.47. The second-order valence-electron chi connectivity index (χ2n) is 9.61. The Morgan fingerprint density at radius 3 is 2.29 bits per heavy atom. The lowest BCUT2D eigenvalue weighted by Gasteiger charge is -2.36. The molecule has 0 unspecified atom stereocenters. The molecular formula is C26H38N4O3S. The van der Waals surface area contributed by atoms with Crippen molar-refractivity contribution in [2.24, 2.45) is 0 Å². The van der Waals surface area contributed by atoms with Crippen LogP contribution in [-0.2, 0) is 10.0 Å². The molecule has 186 valence electrons. The molecule has 2 heterocycles. The molecule has 2 saturated heterocycles. The fourth-order valence-corrected chi connectivity index (χ4v) is 5.96. The van der Waals surface area contributed by atoms with Gasteiger partial charge in [0, 0.05) is 70.7 Å². The van der Waals surface area contributed by atoms with Crippen molar-refractivity contribution in [2.45, 2.75) is 24.7 Å². The maximum Gasteiger partial charge on any atom is 0.243 e. The number of hydrogen-bond donors (Lipinski definition) is 0. The highest BCUT2D eigenvalue weighted by atomic mass is 32.2. The molecule has 0 radical (unpaired) electrons. The maximum absolute atomic E-state index is 13.0. The Labute approximate surface area is 204 Å². The standard InChI is InChI=1S/C26H38N4O3S/c1-22(2)23-6-4-7-24(20-23)29-14-12-28(13-15-29)18-19-33-25-8-5-9-26(21-25)34(31,32)30-16-10-27(3)11-17-30/h4-9,20-22H,10-19H2,1-3H3. The van der Waals surface area contributed by atoms with Crippen molar-refractivity contribution in [3.63, 3.8) is 0 Å². The number of ether oxygens (including phenoxy) is 1. The molecule has 0 atom stereocenters. The molecule has 0 bridgehead atoms. The number of likely N-dealkylation sites (N-methyl/N-ethyl adjacent to an activating group) is 1. The highest BCUT2D eigenvalue weighted by Crippen LogP contribution is 2.24. The van der Waals surface area contributed by atoms with Gasteiger partial charge in [0.05, 0.1) is 4.90 Å². The molecular weight excluding hydrogens is 448 g/mol. The van der Waals surface area contributed by atoms with Crippen LogP contribution in [0.25, 0.3) is 0 Å². The van der Waals surface area contributed by atoms with Crippen LogP contribution < -0.4 is 9.64 Å². The van der Waals surface area contributed by atoms with Gasteiger partial charge in [-0.1, -0.05) is 32.0 Å². The van der Waals surface area contributed by atoms with Gasteiger partial charge >= 0.3 is 0 Å². The summed E-state index contributed by atoms with van der Waals surface area (Å²) in [5.74, 6) is 1.15. The van der Waals surface area contributed by atoms with Crippen LogP contribution in [-0.4, -0.2) is 95.1 Å². The monoisotopic (exact) mass is 486 g/mol. The van der Waals surface area contributed by atoms with Crippen molar-refractivity contribution in [3.05, 3.63) is 54.1 Å². The molecule has 34 heavy (non-hydrogen) atoms. The van der Waals surface area contributed by atoms with Crippen LogP contribution in [0.2, 0.25) is 0 Å². The molecule has 0 aliphatic carbocycles. The topological polar surface area (TPSA) is 56.3 Å². The van der Waals surface area contributed by atoms with Gasteiger partial charge in [0.25, 0.3) is 0 Å². The molecule has 2 aromatic rings. The zero-order valence-electron chi connectivity index (χ0n) is 20.7. The van der Waals surface area contributed by atoms with E-state index in [0.717, 1.165) is 45.8 Å². The second-order valence-corrected chi connectivity index (χ2v) is 11.5. The van der Waals surface area contributed by atoms with E-state index in [0.29, 0.717) is 36.3 Å². The van der Waals surface area contributed by atoms with Crippen molar-refractivity contribution >= 4 is 15.7 Å². The van der Waals surface area contributed by atoms with Gasteiger partial charge in [-0.2, -0.15) is 4.31 Å². The molecule has 2 aliphatic rings. The zero-order valence-corrected chi connectivity index (χ0v) is 21.5. The SMILES string of the molecule is CC(C)c1cccc(N2CCN(CCOc3cccc(S(=O)(=O)N4CCN(C)CC4)c3)CC2)c1. The summed E-state index contributed by atoms with van der Waals surface area (Å²) < 4.78 is 33.6. The summed E-state index contributed by atoms with van der Waals surface area (Å²) in [6.07, 6.45) is 0. The first kappa shape index (κ1) is 25.0. The molecule has 4 rings (SSSR count). The minimum Gasteiger partial charge on any atom is -0.492 e. The van der Waals surface area contributed by atoms with E-state index >= 15 is 0 Å². The lowest BCUT2D eigenvalue weighted by molar-refractivity contribution is 0.200. The Balaban J connectivity index is 1.26. The van der Waals surface area contributed by atoms with Crippen LogP contribution in [0.1, 0.15) is 25.3 Å². The smallest absolute Gasteiger partial charge is 0.243 e. The van der Waals surface area contributed by atoms with Crippen LogP contribution >= 0.6 is 0 Å². The van der Waals surface area contributed by atoms with Crippen molar-refractivity contribution < 1.29 is 13.2 Å². The number of anilines is 1. The number of rotatable bonds is 8. The summed E-state index contributed by atoms with van der Waals surface area (Å²) in [5, 5.41) is 0. The van der Waals surface area contributed by atoms with E-state index in [1.54, 1.807) is 22.5 Å². The summed E-state index contributed by atoms with van der Waals surface area (Å²) in [7, 11) is -1.47. The number of hydrogen-bond acceptors (Lipinski definition) is 6.